The Labute approximate surface area is 135 Å². The van der Waals surface area contributed by atoms with Gasteiger partial charge < -0.3 is 9.47 Å². The zero-order valence-electron chi connectivity index (χ0n) is 13.4. The predicted octanol–water partition coefficient (Wildman–Crippen LogP) is 3.30. The Morgan fingerprint density at radius 3 is 2.48 bits per heavy atom. The minimum absolute atomic E-state index is 0.338. The molecule has 1 atom stereocenters. The van der Waals surface area contributed by atoms with Gasteiger partial charge in [-0.05, 0) is 43.5 Å². The van der Waals surface area contributed by atoms with Crippen LogP contribution in [0.4, 0.5) is 0 Å². The van der Waals surface area contributed by atoms with Gasteiger partial charge in [0.05, 0.1) is 5.56 Å². The van der Waals surface area contributed by atoms with Crippen molar-refractivity contribution in [2.75, 3.05) is 0 Å². The van der Waals surface area contributed by atoms with Crippen LogP contribution in [0.3, 0.4) is 0 Å². The van der Waals surface area contributed by atoms with Crippen LogP contribution in [-0.2, 0) is 16.0 Å². The third-order valence-electron chi connectivity index (χ3n) is 3.96. The van der Waals surface area contributed by atoms with E-state index in [2.05, 4.69) is 0 Å². The molecule has 2 aromatic carbocycles. The quantitative estimate of drug-likeness (QED) is 0.631. The second-order valence-corrected chi connectivity index (χ2v) is 5.90. The van der Waals surface area contributed by atoms with Crippen molar-refractivity contribution in [3.05, 3.63) is 64.2 Å². The number of cyclic esters (lactones) is 1. The van der Waals surface area contributed by atoms with Gasteiger partial charge in [-0.3, -0.25) is 0 Å². The van der Waals surface area contributed by atoms with E-state index < -0.39 is 18.0 Å². The number of carbonyl (C=O) groups is 2. The molecule has 0 saturated carbocycles. The van der Waals surface area contributed by atoms with Crippen molar-refractivity contribution in [1.29, 1.82) is 0 Å². The Balaban J connectivity index is 1.82. The first kappa shape index (κ1) is 15.3. The summed E-state index contributed by atoms with van der Waals surface area (Å²) in [6.45, 7) is 5.78. The zero-order valence-corrected chi connectivity index (χ0v) is 13.4. The molecule has 0 N–H and O–H groups in total. The Bertz CT molecular complexity index is 769. The van der Waals surface area contributed by atoms with E-state index in [1.807, 2.05) is 45.0 Å². The molecule has 1 aliphatic rings. The summed E-state index contributed by atoms with van der Waals surface area (Å²) in [5, 5.41) is 0. The number of ether oxygens (including phenoxy) is 2. The highest BCUT2D eigenvalue weighted by Gasteiger charge is 2.32. The average Bonchev–Trinajstić information content (AvgIpc) is 2.50. The predicted molar refractivity (Wildman–Crippen MR) is 85.6 cm³/mol. The van der Waals surface area contributed by atoms with E-state index in [0.717, 1.165) is 22.3 Å². The molecule has 0 aliphatic carbocycles. The molecular weight excluding hydrogens is 292 g/mol. The van der Waals surface area contributed by atoms with Crippen LogP contribution >= 0.6 is 0 Å². The Morgan fingerprint density at radius 2 is 1.78 bits per heavy atom. The highest BCUT2D eigenvalue weighted by molar-refractivity contribution is 5.95. The molecule has 23 heavy (non-hydrogen) atoms. The molecule has 0 radical (unpaired) electrons. The largest absolute Gasteiger partial charge is 0.446 e. The second-order valence-electron chi connectivity index (χ2n) is 5.90. The van der Waals surface area contributed by atoms with E-state index in [1.54, 1.807) is 12.1 Å². The van der Waals surface area contributed by atoms with Gasteiger partial charge in [-0.2, -0.15) is 0 Å². The van der Waals surface area contributed by atoms with Crippen molar-refractivity contribution >= 4 is 11.9 Å². The van der Waals surface area contributed by atoms with Gasteiger partial charge in [0, 0.05) is 6.42 Å². The molecule has 0 spiro atoms. The van der Waals surface area contributed by atoms with Gasteiger partial charge in [-0.25, -0.2) is 9.59 Å². The van der Waals surface area contributed by atoms with Crippen molar-refractivity contribution in [1.82, 2.24) is 0 Å². The Morgan fingerprint density at radius 1 is 1.13 bits per heavy atom. The van der Waals surface area contributed by atoms with E-state index in [-0.39, 0.29) is 0 Å². The van der Waals surface area contributed by atoms with Crippen molar-refractivity contribution in [3.8, 4) is 5.75 Å². The lowest BCUT2D eigenvalue weighted by molar-refractivity contribution is -0.144. The summed E-state index contributed by atoms with van der Waals surface area (Å²) < 4.78 is 10.8. The third-order valence-corrected chi connectivity index (χ3v) is 3.96. The maximum absolute atomic E-state index is 12.4. The first-order chi connectivity index (χ1) is 11.0. The van der Waals surface area contributed by atoms with Crippen LogP contribution in [0.15, 0.2) is 36.4 Å². The maximum Gasteiger partial charge on any atom is 0.353 e. The SMILES string of the molecule is Cc1cc(C)c(OC(=O)C2Cc3ccccc3C(=O)O2)c(C)c1. The van der Waals surface area contributed by atoms with Crippen molar-refractivity contribution in [2.24, 2.45) is 0 Å². The minimum atomic E-state index is -0.905. The minimum Gasteiger partial charge on any atom is -0.446 e. The van der Waals surface area contributed by atoms with Gasteiger partial charge in [-0.15, -0.1) is 0 Å². The molecule has 2 aromatic rings. The monoisotopic (exact) mass is 310 g/mol. The fraction of sp³-hybridized carbons (Fsp3) is 0.263. The molecule has 0 fully saturated rings. The van der Waals surface area contributed by atoms with E-state index in [0.29, 0.717) is 17.7 Å². The molecule has 0 bridgehead atoms. The smallest absolute Gasteiger partial charge is 0.353 e. The van der Waals surface area contributed by atoms with Crippen LogP contribution < -0.4 is 4.74 Å². The van der Waals surface area contributed by atoms with Crippen LogP contribution in [0.1, 0.15) is 32.6 Å². The van der Waals surface area contributed by atoms with E-state index in [1.165, 1.54) is 0 Å². The fourth-order valence-corrected chi connectivity index (χ4v) is 2.96. The fourth-order valence-electron chi connectivity index (χ4n) is 2.96. The number of carbonyl (C=O) groups excluding carboxylic acids is 2. The molecule has 0 amide bonds. The van der Waals surface area contributed by atoms with Gasteiger partial charge >= 0.3 is 11.9 Å². The number of aryl methyl sites for hydroxylation is 3. The first-order valence-corrected chi connectivity index (χ1v) is 7.54. The number of rotatable bonds is 2. The third kappa shape index (κ3) is 2.97. The number of esters is 2. The lowest BCUT2D eigenvalue weighted by atomic mass is 9.99. The van der Waals surface area contributed by atoms with E-state index >= 15 is 0 Å². The second kappa shape index (κ2) is 5.88. The maximum atomic E-state index is 12.4. The van der Waals surface area contributed by atoms with E-state index in [4.69, 9.17) is 9.47 Å². The summed E-state index contributed by atoms with van der Waals surface area (Å²) in [6, 6.07) is 11.1. The van der Waals surface area contributed by atoms with Crippen molar-refractivity contribution in [2.45, 2.75) is 33.3 Å². The first-order valence-electron chi connectivity index (χ1n) is 7.54. The number of hydrogen-bond acceptors (Lipinski definition) is 4. The molecule has 4 nitrogen and oxygen atoms in total. The molecule has 1 aliphatic heterocycles. The summed E-state index contributed by atoms with van der Waals surface area (Å²) in [5.41, 5.74) is 4.21. The van der Waals surface area contributed by atoms with Crippen molar-refractivity contribution < 1.29 is 19.1 Å². The Kier molecular flexibility index (Phi) is 3.90. The number of hydrogen-bond donors (Lipinski definition) is 0. The highest BCUT2D eigenvalue weighted by Crippen LogP contribution is 2.27. The van der Waals surface area contributed by atoms with E-state index in [9.17, 15) is 9.59 Å². The molecule has 1 heterocycles. The van der Waals surface area contributed by atoms with Gasteiger partial charge in [-0.1, -0.05) is 35.9 Å². The standard InChI is InChI=1S/C19H18O4/c1-11-8-12(2)17(13(3)9-11)23-19(21)16-10-14-6-4-5-7-15(14)18(20)22-16/h4-9,16H,10H2,1-3H3. The number of benzene rings is 2. The summed E-state index contributed by atoms with van der Waals surface area (Å²) >= 11 is 0. The number of fused-ring (bicyclic) bond motifs is 1. The molecule has 0 aromatic heterocycles. The van der Waals surface area contributed by atoms with Gasteiger partial charge in [0.15, 0.2) is 0 Å². The summed E-state index contributed by atoms with van der Waals surface area (Å²) in [6.07, 6.45) is -0.567. The normalized spacial score (nSPS) is 16.5. The van der Waals surface area contributed by atoms with Crippen LogP contribution in [0, 0.1) is 20.8 Å². The summed E-state index contributed by atoms with van der Waals surface area (Å²) in [5.74, 6) is -0.482. The van der Waals surface area contributed by atoms with Gasteiger partial charge in [0.25, 0.3) is 0 Å². The lowest BCUT2D eigenvalue weighted by Gasteiger charge is -2.23. The lowest BCUT2D eigenvalue weighted by Crippen LogP contribution is -2.37. The van der Waals surface area contributed by atoms with Crippen LogP contribution in [0.2, 0.25) is 0 Å². The highest BCUT2D eigenvalue weighted by atomic mass is 16.6. The molecule has 1 unspecified atom stereocenters. The van der Waals surface area contributed by atoms with Crippen LogP contribution in [0.5, 0.6) is 5.75 Å². The summed E-state index contributed by atoms with van der Waals surface area (Å²) in [7, 11) is 0. The van der Waals surface area contributed by atoms with Crippen LogP contribution in [-0.4, -0.2) is 18.0 Å². The van der Waals surface area contributed by atoms with Gasteiger partial charge in [0.2, 0.25) is 6.10 Å². The van der Waals surface area contributed by atoms with Crippen LogP contribution in [0.25, 0.3) is 0 Å². The molecular formula is C19H18O4. The molecule has 4 heteroatoms. The topological polar surface area (TPSA) is 52.6 Å². The zero-order chi connectivity index (χ0) is 16.6. The molecule has 3 rings (SSSR count). The molecule has 0 saturated heterocycles. The Hall–Kier alpha value is -2.62. The molecule has 118 valence electrons. The summed E-state index contributed by atoms with van der Waals surface area (Å²) in [4.78, 5) is 24.4. The average molecular weight is 310 g/mol. The van der Waals surface area contributed by atoms with Gasteiger partial charge in [0.1, 0.15) is 5.75 Å². The van der Waals surface area contributed by atoms with Crippen molar-refractivity contribution in [3.63, 3.8) is 0 Å².